The van der Waals surface area contributed by atoms with Crippen molar-refractivity contribution in [1.29, 1.82) is 0 Å². The van der Waals surface area contributed by atoms with Gasteiger partial charge in [-0.2, -0.15) is 0 Å². The monoisotopic (exact) mass is 333 g/mol. The van der Waals surface area contributed by atoms with Gasteiger partial charge in [-0.25, -0.2) is 0 Å². The second-order valence-electron chi connectivity index (χ2n) is 4.31. The third-order valence-corrected chi connectivity index (χ3v) is 4.36. The fraction of sp³-hybridized carbons (Fsp3) is 0.462. The second kappa shape index (κ2) is 5.93. The van der Waals surface area contributed by atoms with E-state index in [1.807, 2.05) is 20.8 Å². The zero-order valence-electron chi connectivity index (χ0n) is 11.2. The number of halogens is 2. The molecular formula is C13H17BrClNO2. The Bertz CT molecular complexity index is 489. The molecule has 1 amide bonds. The van der Waals surface area contributed by atoms with Crippen LogP contribution in [0.25, 0.3) is 0 Å². The molecule has 100 valence electrons. The zero-order chi connectivity index (χ0) is 14.0. The number of carbonyl (C=O) groups excluding carboxylic acids is 1. The van der Waals surface area contributed by atoms with E-state index in [-0.39, 0.29) is 4.82 Å². The van der Waals surface area contributed by atoms with E-state index in [0.29, 0.717) is 6.54 Å². The van der Waals surface area contributed by atoms with Crippen LogP contribution in [0.15, 0.2) is 0 Å². The van der Waals surface area contributed by atoms with Gasteiger partial charge >= 0.3 is 0 Å². The zero-order valence-corrected chi connectivity index (χ0v) is 13.6. The van der Waals surface area contributed by atoms with Crippen molar-refractivity contribution in [3.05, 3.63) is 27.3 Å². The molecule has 0 aromatic heterocycles. The molecule has 0 heterocycles. The van der Waals surface area contributed by atoms with E-state index < -0.39 is 0 Å². The van der Waals surface area contributed by atoms with Crippen LogP contribution in [0, 0.1) is 20.8 Å². The van der Waals surface area contributed by atoms with Gasteiger partial charge in [-0.3, -0.25) is 4.79 Å². The lowest BCUT2D eigenvalue weighted by atomic mass is 9.98. The molecule has 1 aromatic carbocycles. The Balaban J connectivity index is 3.38. The lowest BCUT2D eigenvalue weighted by molar-refractivity contribution is 0.232. The van der Waals surface area contributed by atoms with Gasteiger partial charge in [-0.05, 0) is 37.5 Å². The quantitative estimate of drug-likeness (QED) is 0.612. The summed E-state index contributed by atoms with van der Waals surface area (Å²) in [5.74, 6) is 0.801. The van der Waals surface area contributed by atoms with Crippen LogP contribution >= 0.6 is 27.5 Å². The molecule has 18 heavy (non-hydrogen) atoms. The summed E-state index contributed by atoms with van der Waals surface area (Å²) in [4.78, 5) is 12.7. The topological polar surface area (TPSA) is 29.5 Å². The van der Waals surface area contributed by atoms with Crippen LogP contribution in [-0.4, -0.2) is 23.9 Å². The second-order valence-corrected chi connectivity index (χ2v) is 5.37. The number of amides is 1. The third-order valence-electron chi connectivity index (χ3n) is 3.19. The molecule has 0 aliphatic carbocycles. The van der Waals surface area contributed by atoms with Crippen molar-refractivity contribution in [1.82, 2.24) is 4.90 Å². The lowest BCUT2D eigenvalue weighted by Crippen LogP contribution is -2.21. The van der Waals surface area contributed by atoms with Crippen molar-refractivity contribution < 1.29 is 9.53 Å². The van der Waals surface area contributed by atoms with E-state index in [9.17, 15) is 4.79 Å². The summed E-state index contributed by atoms with van der Waals surface area (Å²) in [6.07, 6.45) is 0. The number of benzene rings is 1. The van der Waals surface area contributed by atoms with E-state index in [1.54, 1.807) is 19.1 Å². The normalized spacial score (nSPS) is 10.4. The van der Waals surface area contributed by atoms with Crippen molar-refractivity contribution in [2.24, 2.45) is 0 Å². The van der Waals surface area contributed by atoms with E-state index in [0.717, 1.165) is 33.0 Å². The van der Waals surface area contributed by atoms with E-state index >= 15 is 0 Å². The number of rotatable bonds is 3. The molecular weight excluding hydrogens is 318 g/mol. The fourth-order valence-electron chi connectivity index (χ4n) is 1.91. The average molecular weight is 335 g/mol. The predicted molar refractivity (Wildman–Crippen MR) is 78.0 cm³/mol. The minimum atomic E-state index is -0.168. The average Bonchev–Trinajstić information content (AvgIpc) is 2.33. The number of hydrogen-bond donors (Lipinski definition) is 0. The molecule has 0 bridgehead atoms. The first-order valence-corrected chi connectivity index (χ1v) is 6.71. The first-order chi connectivity index (χ1) is 8.31. The minimum absolute atomic E-state index is 0.168. The number of carbonyl (C=O) groups is 1. The highest BCUT2D eigenvalue weighted by Gasteiger charge is 2.19. The molecule has 0 aliphatic heterocycles. The van der Waals surface area contributed by atoms with Gasteiger partial charge < -0.3 is 9.64 Å². The van der Waals surface area contributed by atoms with Gasteiger partial charge in [0.15, 0.2) is 0 Å². The number of hydrogen-bond acceptors (Lipinski definition) is 2. The van der Waals surface area contributed by atoms with Crippen molar-refractivity contribution in [2.75, 3.05) is 14.2 Å². The van der Waals surface area contributed by atoms with Crippen molar-refractivity contribution in [3.63, 3.8) is 0 Å². The molecule has 0 aliphatic rings. The van der Waals surface area contributed by atoms with Gasteiger partial charge in [0.1, 0.15) is 5.75 Å². The van der Waals surface area contributed by atoms with Crippen LogP contribution in [0.1, 0.15) is 22.3 Å². The molecule has 0 fully saturated rings. The molecule has 0 N–H and O–H groups in total. The summed E-state index contributed by atoms with van der Waals surface area (Å²) in [6.45, 7) is 6.34. The fourth-order valence-corrected chi connectivity index (χ4v) is 2.29. The Morgan fingerprint density at radius 2 is 1.83 bits per heavy atom. The van der Waals surface area contributed by atoms with Crippen LogP contribution in [0.5, 0.6) is 5.75 Å². The summed E-state index contributed by atoms with van der Waals surface area (Å²) in [5, 5.41) is 0.735. The molecule has 5 heteroatoms. The van der Waals surface area contributed by atoms with Crippen molar-refractivity contribution >= 4 is 32.3 Å². The van der Waals surface area contributed by atoms with Crippen LogP contribution in [0.2, 0.25) is 5.02 Å². The molecule has 0 saturated carbocycles. The molecule has 0 unspecified atom stereocenters. The maximum atomic E-state index is 11.3. The third kappa shape index (κ3) is 2.81. The van der Waals surface area contributed by atoms with Gasteiger partial charge in [0.05, 0.1) is 13.7 Å². The summed E-state index contributed by atoms with van der Waals surface area (Å²) in [6, 6.07) is 0. The molecule has 1 rings (SSSR count). The Morgan fingerprint density at radius 1 is 1.28 bits per heavy atom. The van der Waals surface area contributed by atoms with Gasteiger partial charge in [0, 0.05) is 33.6 Å². The van der Waals surface area contributed by atoms with Gasteiger partial charge in [0.25, 0.3) is 4.82 Å². The van der Waals surface area contributed by atoms with Crippen molar-refractivity contribution in [3.8, 4) is 5.75 Å². The van der Waals surface area contributed by atoms with Crippen LogP contribution in [0.3, 0.4) is 0 Å². The maximum absolute atomic E-state index is 11.3. The van der Waals surface area contributed by atoms with E-state index in [2.05, 4.69) is 15.9 Å². The molecule has 0 saturated heterocycles. The smallest absolute Gasteiger partial charge is 0.289 e. The Kier molecular flexibility index (Phi) is 5.05. The molecule has 1 aromatic rings. The standard InChI is InChI=1S/C13H17BrClNO2/c1-7-8(2)12(18-5)10(9(3)11(7)15)6-16(4)13(14)17/h6H2,1-5H3. The molecule has 0 spiro atoms. The summed E-state index contributed by atoms with van der Waals surface area (Å²) >= 11 is 9.24. The summed E-state index contributed by atoms with van der Waals surface area (Å²) < 4.78 is 5.46. The highest BCUT2D eigenvalue weighted by molar-refractivity contribution is 9.18. The van der Waals surface area contributed by atoms with Gasteiger partial charge in [-0.1, -0.05) is 11.6 Å². The summed E-state index contributed by atoms with van der Waals surface area (Å²) in [5.41, 5.74) is 3.93. The van der Waals surface area contributed by atoms with E-state index in [1.165, 1.54) is 0 Å². The molecule has 0 atom stereocenters. The number of nitrogens with zero attached hydrogens (tertiary/aromatic N) is 1. The highest BCUT2D eigenvalue weighted by Crippen LogP contribution is 2.36. The van der Waals surface area contributed by atoms with Crippen LogP contribution in [-0.2, 0) is 6.54 Å². The predicted octanol–water partition coefficient (Wildman–Crippen LogP) is 4.22. The highest BCUT2D eigenvalue weighted by atomic mass is 79.9. The maximum Gasteiger partial charge on any atom is 0.289 e. The Hall–Kier alpha value is -0.740. The molecule has 3 nitrogen and oxygen atoms in total. The van der Waals surface area contributed by atoms with Crippen molar-refractivity contribution in [2.45, 2.75) is 27.3 Å². The first-order valence-electron chi connectivity index (χ1n) is 5.54. The number of ether oxygens (including phenoxy) is 1. The van der Waals surface area contributed by atoms with E-state index in [4.69, 9.17) is 16.3 Å². The van der Waals surface area contributed by atoms with Crippen LogP contribution in [0.4, 0.5) is 4.79 Å². The largest absolute Gasteiger partial charge is 0.496 e. The Morgan fingerprint density at radius 3 is 2.28 bits per heavy atom. The SMILES string of the molecule is COc1c(C)c(C)c(Cl)c(C)c1CN(C)C(=O)Br. The Labute approximate surface area is 121 Å². The lowest BCUT2D eigenvalue weighted by Gasteiger charge is -2.22. The first kappa shape index (κ1) is 15.3. The van der Waals surface area contributed by atoms with Gasteiger partial charge in [-0.15, -0.1) is 0 Å². The summed E-state index contributed by atoms with van der Waals surface area (Å²) in [7, 11) is 3.35. The number of methoxy groups -OCH3 is 1. The van der Waals surface area contributed by atoms with Crippen LogP contribution < -0.4 is 4.74 Å². The minimum Gasteiger partial charge on any atom is -0.496 e. The van der Waals surface area contributed by atoms with Gasteiger partial charge in [0.2, 0.25) is 0 Å². The molecule has 0 radical (unpaired) electrons.